The maximum absolute atomic E-state index is 6.07. The second-order valence-electron chi connectivity index (χ2n) is 3.61. The van der Waals surface area contributed by atoms with Crippen molar-refractivity contribution in [2.75, 3.05) is 0 Å². The molecule has 0 rings (SSSR count). The SMILES string of the molecule is CCC(CC)/C(N)=C(\SN)C(C)C. The fourth-order valence-corrected chi connectivity index (χ4v) is 2.04. The summed E-state index contributed by atoms with van der Waals surface area (Å²) >= 11 is 1.30. The topological polar surface area (TPSA) is 52.0 Å². The molecule has 0 spiro atoms. The van der Waals surface area contributed by atoms with Crippen LogP contribution >= 0.6 is 11.9 Å². The molecular formula is C10H22N2S. The second kappa shape index (κ2) is 6.33. The maximum Gasteiger partial charge on any atom is 0.0224 e. The lowest BCUT2D eigenvalue weighted by Gasteiger charge is -2.19. The largest absolute Gasteiger partial charge is 0.401 e. The Balaban J connectivity index is 4.71. The van der Waals surface area contributed by atoms with Gasteiger partial charge in [-0.25, -0.2) is 0 Å². The Labute approximate surface area is 86.3 Å². The lowest BCUT2D eigenvalue weighted by atomic mass is 9.97. The lowest BCUT2D eigenvalue weighted by Crippen LogP contribution is -2.15. The minimum absolute atomic E-state index is 0.440. The minimum Gasteiger partial charge on any atom is -0.401 e. The molecule has 0 saturated carbocycles. The summed E-state index contributed by atoms with van der Waals surface area (Å²) in [7, 11) is 0. The zero-order valence-corrected chi connectivity index (χ0v) is 9.95. The van der Waals surface area contributed by atoms with Crippen molar-refractivity contribution >= 4 is 11.9 Å². The molecule has 0 aliphatic heterocycles. The Bertz CT molecular complexity index is 172. The fraction of sp³-hybridized carbons (Fsp3) is 0.800. The molecule has 0 atom stereocenters. The Morgan fingerprint density at radius 2 is 1.69 bits per heavy atom. The van der Waals surface area contributed by atoms with E-state index in [-0.39, 0.29) is 0 Å². The van der Waals surface area contributed by atoms with Gasteiger partial charge in [-0.1, -0.05) is 39.6 Å². The quantitative estimate of drug-likeness (QED) is 0.674. The highest BCUT2D eigenvalue weighted by Gasteiger charge is 2.14. The molecule has 0 unspecified atom stereocenters. The first-order chi connectivity index (χ1) is 6.08. The third-order valence-corrected chi connectivity index (χ3v) is 3.32. The van der Waals surface area contributed by atoms with E-state index >= 15 is 0 Å². The van der Waals surface area contributed by atoms with Crippen molar-refractivity contribution in [1.82, 2.24) is 0 Å². The molecule has 3 heteroatoms. The number of allylic oxidation sites excluding steroid dienone is 2. The van der Waals surface area contributed by atoms with E-state index in [0.717, 1.165) is 23.4 Å². The first-order valence-corrected chi connectivity index (χ1v) is 5.82. The number of nitrogens with two attached hydrogens (primary N) is 2. The van der Waals surface area contributed by atoms with Crippen LogP contribution in [-0.2, 0) is 0 Å². The molecule has 2 nitrogen and oxygen atoms in total. The van der Waals surface area contributed by atoms with E-state index in [4.69, 9.17) is 10.9 Å². The highest BCUT2D eigenvalue weighted by atomic mass is 32.2. The molecule has 0 bridgehead atoms. The van der Waals surface area contributed by atoms with Gasteiger partial charge in [0.05, 0.1) is 0 Å². The van der Waals surface area contributed by atoms with Gasteiger partial charge < -0.3 is 5.73 Å². The van der Waals surface area contributed by atoms with E-state index in [0.29, 0.717) is 11.8 Å². The summed E-state index contributed by atoms with van der Waals surface area (Å²) in [6, 6.07) is 0. The molecule has 0 aliphatic carbocycles. The molecule has 0 aromatic heterocycles. The zero-order valence-electron chi connectivity index (χ0n) is 9.13. The van der Waals surface area contributed by atoms with E-state index in [2.05, 4.69) is 27.7 Å². The van der Waals surface area contributed by atoms with E-state index in [9.17, 15) is 0 Å². The first-order valence-electron chi connectivity index (χ1n) is 4.94. The number of hydrogen-bond acceptors (Lipinski definition) is 3. The van der Waals surface area contributed by atoms with Crippen LogP contribution in [0.2, 0.25) is 0 Å². The summed E-state index contributed by atoms with van der Waals surface area (Å²) in [5.74, 6) is 0.934. The highest BCUT2D eigenvalue weighted by molar-refractivity contribution is 8.00. The van der Waals surface area contributed by atoms with Gasteiger partial charge in [0.25, 0.3) is 0 Å². The van der Waals surface area contributed by atoms with Crippen LogP contribution in [-0.4, -0.2) is 0 Å². The normalized spacial score (nSPS) is 13.8. The van der Waals surface area contributed by atoms with Gasteiger partial charge in [0.2, 0.25) is 0 Å². The van der Waals surface area contributed by atoms with Crippen LogP contribution in [0.25, 0.3) is 0 Å². The Morgan fingerprint density at radius 3 is 1.92 bits per heavy atom. The molecule has 0 aromatic rings. The van der Waals surface area contributed by atoms with Crippen molar-refractivity contribution in [2.45, 2.75) is 40.5 Å². The van der Waals surface area contributed by atoms with Crippen molar-refractivity contribution in [3.8, 4) is 0 Å². The van der Waals surface area contributed by atoms with Gasteiger partial charge in [-0.2, -0.15) is 0 Å². The van der Waals surface area contributed by atoms with Crippen molar-refractivity contribution in [1.29, 1.82) is 0 Å². The fourth-order valence-electron chi connectivity index (χ4n) is 1.47. The van der Waals surface area contributed by atoms with Crippen molar-refractivity contribution in [3.63, 3.8) is 0 Å². The predicted molar refractivity (Wildman–Crippen MR) is 61.9 cm³/mol. The molecule has 0 aromatic carbocycles. The lowest BCUT2D eigenvalue weighted by molar-refractivity contribution is 0.556. The summed E-state index contributed by atoms with van der Waals surface area (Å²) in [5.41, 5.74) is 7.07. The van der Waals surface area contributed by atoms with Gasteiger partial charge >= 0.3 is 0 Å². The molecule has 0 aliphatic rings. The Morgan fingerprint density at radius 1 is 1.23 bits per heavy atom. The molecule has 4 N–H and O–H groups in total. The standard InChI is InChI=1S/C10H22N2S/c1-5-8(6-2)9(11)10(13-12)7(3)4/h7-8H,5-6,11-12H2,1-4H3/b10-9+. The van der Waals surface area contributed by atoms with Crippen LogP contribution in [0, 0.1) is 11.8 Å². The van der Waals surface area contributed by atoms with Gasteiger partial charge in [0.1, 0.15) is 0 Å². The number of rotatable bonds is 5. The zero-order chi connectivity index (χ0) is 10.4. The van der Waals surface area contributed by atoms with Gasteiger partial charge in [-0.05, 0) is 24.7 Å². The minimum atomic E-state index is 0.440. The third kappa shape index (κ3) is 3.61. The Kier molecular flexibility index (Phi) is 6.25. The molecule has 13 heavy (non-hydrogen) atoms. The summed E-state index contributed by atoms with van der Waals surface area (Å²) < 4.78 is 0. The van der Waals surface area contributed by atoms with E-state index in [1.54, 1.807) is 0 Å². The van der Waals surface area contributed by atoms with E-state index in [1.807, 2.05) is 0 Å². The first kappa shape index (κ1) is 12.8. The molecule has 78 valence electrons. The molecule has 0 radical (unpaired) electrons. The molecule has 0 heterocycles. The summed E-state index contributed by atoms with van der Waals surface area (Å²) in [4.78, 5) is 1.15. The molecular weight excluding hydrogens is 180 g/mol. The molecule has 0 fully saturated rings. The van der Waals surface area contributed by atoms with Crippen LogP contribution in [0.3, 0.4) is 0 Å². The van der Waals surface area contributed by atoms with E-state index in [1.165, 1.54) is 11.9 Å². The average molecular weight is 202 g/mol. The van der Waals surface area contributed by atoms with Crippen molar-refractivity contribution in [2.24, 2.45) is 22.7 Å². The van der Waals surface area contributed by atoms with Crippen LogP contribution in [0.4, 0.5) is 0 Å². The van der Waals surface area contributed by atoms with Gasteiger partial charge in [0, 0.05) is 10.6 Å². The summed E-state index contributed by atoms with van der Waals surface area (Å²) in [6.45, 7) is 8.59. The molecule has 0 saturated heterocycles. The van der Waals surface area contributed by atoms with Crippen molar-refractivity contribution in [3.05, 3.63) is 10.6 Å². The second-order valence-corrected chi connectivity index (χ2v) is 4.28. The predicted octanol–water partition coefficient (Wildman–Crippen LogP) is 2.86. The smallest absolute Gasteiger partial charge is 0.0224 e. The van der Waals surface area contributed by atoms with Gasteiger partial charge in [-0.15, -0.1) is 0 Å². The highest BCUT2D eigenvalue weighted by Crippen LogP contribution is 2.27. The average Bonchev–Trinajstić information content (AvgIpc) is 2.07. The van der Waals surface area contributed by atoms with E-state index < -0.39 is 0 Å². The van der Waals surface area contributed by atoms with Crippen LogP contribution in [0.15, 0.2) is 10.6 Å². The summed E-state index contributed by atoms with van der Waals surface area (Å²) in [6.07, 6.45) is 2.19. The summed E-state index contributed by atoms with van der Waals surface area (Å²) in [5, 5.41) is 5.60. The number of hydrogen-bond donors (Lipinski definition) is 2. The molecule has 0 amide bonds. The monoisotopic (exact) mass is 202 g/mol. The van der Waals surface area contributed by atoms with Crippen LogP contribution < -0.4 is 10.9 Å². The van der Waals surface area contributed by atoms with Gasteiger partial charge in [-0.3, -0.25) is 5.14 Å². The van der Waals surface area contributed by atoms with Crippen LogP contribution in [0.5, 0.6) is 0 Å². The Hall–Kier alpha value is -0.150. The van der Waals surface area contributed by atoms with Crippen LogP contribution in [0.1, 0.15) is 40.5 Å². The van der Waals surface area contributed by atoms with Crippen molar-refractivity contribution < 1.29 is 0 Å². The van der Waals surface area contributed by atoms with Gasteiger partial charge in [0.15, 0.2) is 0 Å². The maximum atomic E-state index is 6.07. The third-order valence-electron chi connectivity index (χ3n) is 2.36.